The maximum Gasteiger partial charge on any atom is 0.231 e. The van der Waals surface area contributed by atoms with Gasteiger partial charge in [-0.25, -0.2) is 9.37 Å². The number of amides is 1. The van der Waals surface area contributed by atoms with Crippen molar-refractivity contribution in [1.29, 1.82) is 0 Å². The lowest BCUT2D eigenvalue weighted by molar-refractivity contribution is -0.115. The van der Waals surface area contributed by atoms with Crippen LogP contribution < -0.4 is 10.6 Å². The van der Waals surface area contributed by atoms with Crippen molar-refractivity contribution in [1.82, 2.24) is 15.2 Å². The Kier molecular flexibility index (Phi) is 7.23. The van der Waals surface area contributed by atoms with Gasteiger partial charge in [-0.05, 0) is 29.8 Å². The number of rotatable bonds is 9. The number of nitrogens with one attached hydrogen (secondary N) is 2. The number of aromatic nitrogens is 3. The van der Waals surface area contributed by atoms with E-state index in [1.54, 1.807) is 23.9 Å². The normalized spacial score (nSPS) is 10.7. The molecule has 31 heavy (non-hydrogen) atoms. The first-order valence-corrected chi connectivity index (χ1v) is 12.0. The number of halogens is 1. The number of thioether (sulfide) groups is 1. The fourth-order valence-corrected chi connectivity index (χ4v) is 5.15. The molecule has 1 amide bonds. The maximum absolute atomic E-state index is 13.0. The number of hydrogen-bond acceptors (Lipinski definition) is 8. The number of carbonyl (C=O) groups excluding carboxylic acids is 1. The SMILES string of the molecule is O=C(Cc1nc(CSc2nnc(NCc3ccc(F)cc3)s2)cs1)Nc1ccccc1. The molecule has 0 radical (unpaired) electrons. The summed E-state index contributed by atoms with van der Waals surface area (Å²) in [6.07, 6.45) is 0.250. The Morgan fingerprint density at radius 1 is 1.06 bits per heavy atom. The lowest BCUT2D eigenvalue weighted by Crippen LogP contribution is -2.14. The minimum Gasteiger partial charge on any atom is -0.356 e. The molecule has 158 valence electrons. The van der Waals surface area contributed by atoms with Gasteiger partial charge in [0.05, 0.1) is 12.1 Å². The van der Waals surface area contributed by atoms with Crippen LogP contribution in [-0.4, -0.2) is 21.1 Å². The zero-order valence-electron chi connectivity index (χ0n) is 16.2. The number of carbonyl (C=O) groups is 1. The van der Waals surface area contributed by atoms with E-state index in [1.807, 2.05) is 35.7 Å². The number of para-hydroxylation sites is 1. The quantitative estimate of drug-likeness (QED) is 0.326. The molecule has 0 aliphatic rings. The maximum atomic E-state index is 13.0. The molecule has 0 spiro atoms. The second-order valence-corrected chi connectivity index (χ2v) is 9.61. The van der Waals surface area contributed by atoms with Crippen molar-refractivity contribution < 1.29 is 9.18 Å². The number of thiazole rings is 1. The van der Waals surface area contributed by atoms with E-state index in [1.165, 1.54) is 34.8 Å². The molecular formula is C21H18FN5OS3. The molecule has 0 saturated heterocycles. The molecule has 4 aromatic rings. The minimum atomic E-state index is -0.250. The van der Waals surface area contributed by atoms with Crippen molar-refractivity contribution in [2.45, 2.75) is 23.1 Å². The van der Waals surface area contributed by atoms with Crippen molar-refractivity contribution in [2.24, 2.45) is 0 Å². The minimum absolute atomic E-state index is 0.0826. The molecule has 4 rings (SSSR count). The lowest BCUT2D eigenvalue weighted by Gasteiger charge is -2.02. The van der Waals surface area contributed by atoms with Crippen molar-refractivity contribution in [3.63, 3.8) is 0 Å². The smallest absolute Gasteiger partial charge is 0.231 e. The molecule has 0 saturated carbocycles. The van der Waals surface area contributed by atoms with E-state index in [2.05, 4.69) is 25.8 Å². The third-order valence-corrected chi connectivity index (χ3v) is 7.02. The highest BCUT2D eigenvalue weighted by molar-refractivity contribution is 8.00. The molecule has 0 unspecified atom stereocenters. The van der Waals surface area contributed by atoms with Gasteiger partial charge in [0.1, 0.15) is 10.8 Å². The summed E-state index contributed by atoms with van der Waals surface area (Å²) in [5.41, 5.74) is 2.66. The van der Waals surface area contributed by atoms with Crippen LogP contribution in [0.2, 0.25) is 0 Å². The molecule has 2 aromatic heterocycles. The fraction of sp³-hybridized carbons (Fsp3) is 0.143. The number of anilines is 2. The highest BCUT2D eigenvalue weighted by Gasteiger charge is 2.10. The molecule has 0 bridgehead atoms. The summed E-state index contributed by atoms with van der Waals surface area (Å²) in [5, 5.41) is 17.8. The molecule has 10 heteroatoms. The summed E-state index contributed by atoms with van der Waals surface area (Å²) in [5.74, 6) is 0.324. The first kappa shape index (κ1) is 21.4. The highest BCUT2D eigenvalue weighted by atomic mass is 32.2. The standard InChI is InChI=1S/C21H18FN5OS3/c22-15-8-6-14(7-9-15)11-23-20-26-27-21(31-20)30-13-17-12-29-19(25-17)10-18(28)24-16-4-2-1-3-5-16/h1-9,12H,10-11,13H2,(H,23,26)(H,24,28). The first-order chi connectivity index (χ1) is 15.1. The van der Waals surface area contributed by atoms with Crippen LogP contribution in [0.5, 0.6) is 0 Å². The summed E-state index contributed by atoms with van der Waals surface area (Å²) >= 11 is 4.49. The van der Waals surface area contributed by atoms with Gasteiger partial charge in [-0.1, -0.05) is 53.4 Å². The summed E-state index contributed by atoms with van der Waals surface area (Å²) in [6, 6.07) is 15.7. The van der Waals surface area contributed by atoms with Crippen molar-refractivity contribution in [2.75, 3.05) is 10.6 Å². The van der Waals surface area contributed by atoms with Crippen molar-refractivity contribution >= 4 is 51.2 Å². The number of hydrogen-bond donors (Lipinski definition) is 2. The van der Waals surface area contributed by atoms with Gasteiger partial charge in [-0.3, -0.25) is 4.79 Å². The summed E-state index contributed by atoms with van der Waals surface area (Å²) < 4.78 is 13.8. The van der Waals surface area contributed by atoms with Crippen LogP contribution in [0.25, 0.3) is 0 Å². The highest BCUT2D eigenvalue weighted by Crippen LogP contribution is 2.29. The molecule has 0 aliphatic carbocycles. The van der Waals surface area contributed by atoms with Crippen LogP contribution in [0, 0.1) is 5.82 Å². The molecular weight excluding hydrogens is 453 g/mol. The summed E-state index contributed by atoms with van der Waals surface area (Å²) in [7, 11) is 0. The van der Waals surface area contributed by atoms with Gasteiger partial charge in [-0.2, -0.15) is 0 Å². The average Bonchev–Trinajstić information content (AvgIpc) is 3.42. The predicted molar refractivity (Wildman–Crippen MR) is 124 cm³/mol. The monoisotopic (exact) mass is 471 g/mol. The summed E-state index contributed by atoms with van der Waals surface area (Å²) in [6.45, 7) is 0.556. The van der Waals surface area contributed by atoms with E-state index in [-0.39, 0.29) is 18.1 Å². The molecule has 2 aromatic carbocycles. The second kappa shape index (κ2) is 10.5. The van der Waals surface area contributed by atoms with Crippen LogP contribution in [0.15, 0.2) is 64.3 Å². The Balaban J connectivity index is 1.23. The van der Waals surface area contributed by atoms with E-state index in [0.29, 0.717) is 17.4 Å². The van der Waals surface area contributed by atoms with Gasteiger partial charge in [0, 0.05) is 23.4 Å². The van der Waals surface area contributed by atoms with Gasteiger partial charge in [0.15, 0.2) is 4.34 Å². The predicted octanol–water partition coefficient (Wildman–Crippen LogP) is 5.22. The van der Waals surface area contributed by atoms with Crippen molar-refractivity contribution in [3.05, 3.63) is 82.1 Å². The number of nitrogens with zero attached hydrogens (tertiary/aromatic N) is 3. The largest absolute Gasteiger partial charge is 0.356 e. The zero-order chi connectivity index (χ0) is 21.5. The van der Waals surface area contributed by atoms with E-state index in [9.17, 15) is 9.18 Å². The Morgan fingerprint density at radius 3 is 2.68 bits per heavy atom. The van der Waals surface area contributed by atoms with Crippen LogP contribution >= 0.6 is 34.4 Å². The van der Waals surface area contributed by atoms with E-state index < -0.39 is 0 Å². The van der Waals surface area contributed by atoms with Crippen LogP contribution in [-0.2, 0) is 23.5 Å². The van der Waals surface area contributed by atoms with Gasteiger partial charge >= 0.3 is 0 Å². The van der Waals surface area contributed by atoms with E-state index >= 15 is 0 Å². The van der Waals surface area contributed by atoms with E-state index in [0.717, 1.165) is 26.3 Å². The molecule has 0 atom stereocenters. The average molecular weight is 472 g/mol. The van der Waals surface area contributed by atoms with Crippen LogP contribution in [0.3, 0.4) is 0 Å². The van der Waals surface area contributed by atoms with E-state index in [4.69, 9.17) is 0 Å². The van der Waals surface area contributed by atoms with Gasteiger partial charge in [0.25, 0.3) is 0 Å². The van der Waals surface area contributed by atoms with Crippen LogP contribution in [0.4, 0.5) is 15.2 Å². The topological polar surface area (TPSA) is 79.8 Å². The Labute approximate surface area is 191 Å². The van der Waals surface area contributed by atoms with Gasteiger partial charge in [0.2, 0.25) is 11.0 Å². The fourth-order valence-electron chi connectivity index (χ4n) is 2.62. The van der Waals surface area contributed by atoms with Gasteiger partial charge in [-0.15, -0.1) is 21.5 Å². The third kappa shape index (κ3) is 6.58. The molecule has 0 aliphatic heterocycles. The Hall–Kier alpha value is -2.82. The second-order valence-electron chi connectivity index (χ2n) is 6.47. The van der Waals surface area contributed by atoms with Crippen molar-refractivity contribution in [3.8, 4) is 0 Å². The third-order valence-electron chi connectivity index (χ3n) is 4.08. The zero-order valence-corrected chi connectivity index (χ0v) is 18.7. The number of benzene rings is 2. The Bertz CT molecular complexity index is 1130. The summed E-state index contributed by atoms with van der Waals surface area (Å²) in [4.78, 5) is 16.7. The molecule has 2 N–H and O–H groups in total. The lowest BCUT2D eigenvalue weighted by atomic mass is 10.2. The van der Waals surface area contributed by atoms with Gasteiger partial charge < -0.3 is 10.6 Å². The molecule has 6 nitrogen and oxygen atoms in total. The first-order valence-electron chi connectivity index (χ1n) is 9.37. The molecule has 0 fully saturated rings. The Morgan fingerprint density at radius 2 is 1.87 bits per heavy atom. The molecule has 2 heterocycles. The van der Waals surface area contributed by atoms with Crippen LogP contribution in [0.1, 0.15) is 16.3 Å².